The van der Waals surface area contributed by atoms with Crippen LogP contribution in [0.1, 0.15) is 12.8 Å². The van der Waals surface area contributed by atoms with Gasteiger partial charge in [0.1, 0.15) is 0 Å². The summed E-state index contributed by atoms with van der Waals surface area (Å²) < 4.78 is 4.56. The molecule has 0 aliphatic rings. The van der Waals surface area contributed by atoms with Gasteiger partial charge in [-0.2, -0.15) is 0 Å². The van der Waals surface area contributed by atoms with Gasteiger partial charge < -0.3 is 25.8 Å². The SMILES string of the molecule is NCCC[C@H](N)COP(O)(O)=S. The third-order valence-electron chi connectivity index (χ3n) is 1.24. The van der Waals surface area contributed by atoms with Crippen molar-refractivity contribution < 1.29 is 14.3 Å². The van der Waals surface area contributed by atoms with Crippen LogP contribution in [0.2, 0.25) is 0 Å². The summed E-state index contributed by atoms with van der Waals surface area (Å²) in [5, 5.41) is 0. The van der Waals surface area contributed by atoms with Gasteiger partial charge in [0.2, 0.25) is 0 Å². The first-order valence-electron chi connectivity index (χ1n) is 3.61. The molecular formula is C5H15N2O3PS. The molecule has 0 spiro atoms. The average Bonchev–Trinajstić information content (AvgIpc) is 1.95. The zero-order valence-corrected chi connectivity index (χ0v) is 8.43. The van der Waals surface area contributed by atoms with Gasteiger partial charge in [0, 0.05) is 6.04 Å². The highest BCUT2D eigenvalue weighted by Crippen LogP contribution is 2.36. The Morgan fingerprint density at radius 2 is 2.08 bits per heavy atom. The van der Waals surface area contributed by atoms with Crippen molar-refractivity contribution in [3.63, 3.8) is 0 Å². The van der Waals surface area contributed by atoms with Gasteiger partial charge in [-0.3, -0.25) is 0 Å². The van der Waals surface area contributed by atoms with Gasteiger partial charge in [-0.1, -0.05) is 0 Å². The van der Waals surface area contributed by atoms with Gasteiger partial charge in [0.25, 0.3) is 0 Å². The molecule has 0 saturated heterocycles. The Morgan fingerprint density at radius 3 is 2.50 bits per heavy atom. The van der Waals surface area contributed by atoms with Crippen molar-refractivity contribution in [2.75, 3.05) is 13.2 Å². The van der Waals surface area contributed by atoms with E-state index in [0.29, 0.717) is 13.0 Å². The maximum atomic E-state index is 8.67. The van der Waals surface area contributed by atoms with Crippen molar-refractivity contribution in [3.05, 3.63) is 0 Å². The number of nitrogens with two attached hydrogens (primary N) is 2. The van der Waals surface area contributed by atoms with Crippen LogP contribution in [0, 0.1) is 0 Å². The van der Waals surface area contributed by atoms with Crippen molar-refractivity contribution in [2.45, 2.75) is 18.9 Å². The predicted molar refractivity (Wildman–Crippen MR) is 50.9 cm³/mol. The molecule has 74 valence electrons. The molecule has 0 heterocycles. The molecule has 0 amide bonds. The Morgan fingerprint density at radius 1 is 1.50 bits per heavy atom. The topological polar surface area (TPSA) is 102 Å². The molecule has 12 heavy (non-hydrogen) atoms. The van der Waals surface area contributed by atoms with E-state index in [4.69, 9.17) is 21.3 Å². The molecule has 6 N–H and O–H groups in total. The fourth-order valence-corrected chi connectivity index (χ4v) is 1.22. The van der Waals surface area contributed by atoms with Crippen LogP contribution in [0.25, 0.3) is 0 Å². The molecule has 0 saturated carbocycles. The molecule has 0 aromatic carbocycles. The molecule has 0 rings (SSSR count). The van der Waals surface area contributed by atoms with Crippen molar-refractivity contribution in [1.82, 2.24) is 0 Å². The van der Waals surface area contributed by atoms with E-state index >= 15 is 0 Å². The third-order valence-corrected chi connectivity index (χ3v) is 2.04. The summed E-state index contributed by atoms with van der Waals surface area (Å²) in [7, 11) is 0. The highest BCUT2D eigenvalue weighted by Gasteiger charge is 2.10. The van der Waals surface area contributed by atoms with E-state index in [0.717, 1.165) is 6.42 Å². The van der Waals surface area contributed by atoms with Crippen LogP contribution in [-0.2, 0) is 16.3 Å². The second-order valence-electron chi connectivity index (χ2n) is 2.48. The first kappa shape index (κ1) is 12.4. The number of hydrogen-bond acceptors (Lipinski definition) is 4. The van der Waals surface area contributed by atoms with Gasteiger partial charge in [-0.25, -0.2) is 0 Å². The molecule has 0 aliphatic heterocycles. The third kappa shape index (κ3) is 8.55. The lowest BCUT2D eigenvalue weighted by Crippen LogP contribution is -2.26. The van der Waals surface area contributed by atoms with Crippen LogP contribution in [0.5, 0.6) is 0 Å². The monoisotopic (exact) mass is 214 g/mol. The molecule has 1 atom stereocenters. The zero-order valence-electron chi connectivity index (χ0n) is 6.72. The van der Waals surface area contributed by atoms with E-state index in [1.807, 2.05) is 0 Å². The van der Waals surface area contributed by atoms with Crippen molar-refractivity contribution in [2.24, 2.45) is 11.5 Å². The average molecular weight is 214 g/mol. The lowest BCUT2D eigenvalue weighted by atomic mass is 10.2. The molecule has 0 aliphatic carbocycles. The van der Waals surface area contributed by atoms with Crippen molar-refractivity contribution in [3.8, 4) is 0 Å². The summed E-state index contributed by atoms with van der Waals surface area (Å²) in [6.07, 6.45) is 1.50. The number of rotatable bonds is 6. The minimum Gasteiger partial charge on any atom is -0.330 e. The Bertz CT molecular complexity index is 163. The molecule has 0 bridgehead atoms. The van der Waals surface area contributed by atoms with E-state index in [9.17, 15) is 0 Å². The Hall–Kier alpha value is 0.450. The number of hydrogen-bond donors (Lipinski definition) is 4. The lowest BCUT2D eigenvalue weighted by molar-refractivity contribution is 0.230. The second kappa shape index (κ2) is 5.99. The predicted octanol–water partition coefficient (Wildman–Crippen LogP) is -0.722. The Kier molecular flexibility index (Phi) is 6.21. The summed E-state index contributed by atoms with van der Waals surface area (Å²) in [6.45, 7) is -2.89. The van der Waals surface area contributed by atoms with E-state index in [2.05, 4.69) is 16.3 Å². The van der Waals surface area contributed by atoms with E-state index in [1.54, 1.807) is 0 Å². The summed E-state index contributed by atoms with van der Waals surface area (Å²) in [5.41, 5.74) is 10.8. The van der Waals surface area contributed by atoms with Crippen LogP contribution in [-0.4, -0.2) is 29.0 Å². The Labute approximate surface area is 77.0 Å². The highest BCUT2D eigenvalue weighted by atomic mass is 32.5. The molecule has 0 fully saturated rings. The van der Waals surface area contributed by atoms with Crippen molar-refractivity contribution in [1.29, 1.82) is 0 Å². The summed E-state index contributed by atoms with van der Waals surface area (Å²) in [6, 6.07) is -0.227. The first-order chi connectivity index (χ1) is 5.45. The standard InChI is InChI=1S/C5H15N2O3PS/c6-3-1-2-5(7)4-10-11(8,9)12/h5H,1-4,6-7H2,(H2,8,9,12)/t5-/m0/s1. The molecule has 0 unspecified atom stereocenters. The largest absolute Gasteiger partial charge is 0.330 e. The minimum atomic E-state index is -3.53. The quantitative estimate of drug-likeness (QED) is 0.435. The Balaban J connectivity index is 3.44. The molecular weight excluding hydrogens is 199 g/mol. The van der Waals surface area contributed by atoms with Gasteiger partial charge in [-0.15, -0.1) is 0 Å². The molecule has 7 heteroatoms. The smallest absolute Gasteiger partial charge is 0.321 e. The maximum absolute atomic E-state index is 8.67. The van der Waals surface area contributed by atoms with E-state index in [1.165, 1.54) is 0 Å². The molecule has 0 aromatic heterocycles. The van der Waals surface area contributed by atoms with E-state index < -0.39 is 6.72 Å². The minimum absolute atomic E-state index is 0.0737. The summed E-state index contributed by atoms with van der Waals surface area (Å²) in [5.74, 6) is 0. The summed E-state index contributed by atoms with van der Waals surface area (Å²) in [4.78, 5) is 17.3. The van der Waals surface area contributed by atoms with Crippen LogP contribution in [0.15, 0.2) is 0 Å². The fraction of sp³-hybridized carbons (Fsp3) is 1.00. The fourth-order valence-electron chi connectivity index (χ4n) is 0.656. The van der Waals surface area contributed by atoms with Gasteiger partial charge in [0.15, 0.2) is 0 Å². The first-order valence-corrected chi connectivity index (χ1v) is 6.24. The van der Waals surface area contributed by atoms with Crippen LogP contribution < -0.4 is 11.5 Å². The molecule has 0 radical (unpaired) electrons. The van der Waals surface area contributed by atoms with E-state index in [-0.39, 0.29) is 12.6 Å². The van der Waals surface area contributed by atoms with Crippen LogP contribution in [0.4, 0.5) is 0 Å². The van der Waals surface area contributed by atoms with Gasteiger partial charge in [-0.05, 0) is 31.2 Å². The highest BCUT2D eigenvalue weighted by molar-refractivity contribution is 8.06. The van der Waals surface area contributed by atoms with Crippen LogP contribution >= 0.6 is 6.72 Å². The second-order valence-corrected chi connectivity index (χ2v) is 5.14. The van der Waals surface area contributed by atoms with Crippen LogP contribution in [0.3, 0.4) is 0 Å². The zero-order chi connectivity index (χ0) is 9.61. The normalized spacial score (nSPS) is 14.7. The summed E-state index contributed by atoms with van der Waals surface area (Å²) >= 11 is 4.24. The lowest BCUT2D eigenvalue weighted by Gasteiger charge is -2.13. The van der Waals surface area contributed by atoms with Gasteiger partial charge in [0.05, 0.1) is 6.61 Å². The van der Waals surface area contributed by atoms with Crippen molar-refractivity contribution >= 4 is 18.5 Å². The maximum Gasteiger partial charge on any atom is 0.321 e. The molecule has 5 nitrogen and oxygen atoms in total. The van der Waals surface area contributed by atoms with Gasteiger partial charge >= 0.3 is 6.72 Å². The molecule has 0 aromatic rings.